The molecule has 76 valence electrons. The summed E-state index contributed by atoms with van der Waals surface area (Å²) >= 11 is 3.17. The average molecular weight is 257 g/mol. The number of nitrogens with zero attached hydrogens (tertiary/aromatic N) is 1. The van der Waals surface area contributed by atoms with Gasteiger partial charge in [0.25, 0.3) is 0 Å². The lowest BCUT2D eigenvalue weighted by molar-refractivity contribution is 0.804. The normalized spacial score (nSPS) is 9.93. The van der Waals surface area contributed by atoms with Crippen LogP contribution in [0.5, 0.6) is 0 Å². The number of nitrogens with two attached hydrogens (primary N) is 1. The van der Waals surface area contributed by atoms with E-state index in [1.54, 1.807) is 12.4 Å². The van der Waals surface area contributed by atoms with Gasteiger partial charge in [-0.3, -0.25) is 4.79 Å². The molecule has 0 unspecified atom stereocenters. The second kappa shape index (κ2) is 4.46. The summed E-state index contributed by atoms with van der Waals surface area (Å²) in [5, 5.41) is 0. The first kappa shape index (κ1) is 11.0. The molecule has 1 aromatic rings. The molecule has 1 heterocycles. The van der Waals surface area contributed by atoms with Gasteiger partial charge in [0.15, 0.2) is 0 Å². The van der Waals surface area contributed by atoms with Crippen LogP contribution in [0.4, 0.5) is 5.69 Å². The molecule has 0 bridgehead atoms. The van der Waals surface area contributed by atoms with Crippen LogP contribution in [-0.2, 0) is 6.54 Å². The third kappa shape index (κ3) is 2.73. The van der Waals surface area contributed by atoms with E-state index in [1.165, 1.54) is 5.57 Å². The van der Waals surface area contributed by atoms with Gasteiger partial charge in [-0.2, -0.15) is 0 Å². The molecule has 0 aliphatic rings. The molecule has 0 spiro atoms. The number of hydrogen-bond donors (Lipinski definition) is 1. The van der Waals surface area contributed by atoms with Crippen molar-refractivity contribution in [1.29, 1.82) is 0 Å². The molecule has 0 saturated heterocycles. The first-order valence-corrected chi connectivity index (χ1v) is 5.08. The minimum atomic E-state index is -0.154. The molecular weight excluding hydrogens is 244 g/mol. The third-order valence-electron chi connectivity index (χ3n) is 1.77. The summed E-state index contributed by atoms with van der Waals surface area (Å²) in [5.74, 6) is 0. The number of nitrogen functional groups attached to an aromatic ring is 1. The standard InChI is InChI=1S/C10H13BrN2O/c1-7(2)3-4-13-5-8(11)10(14)9(12)6-13/h3,5-6H,4,12H2,1-2H3. The molecule has 3 nitrogen and oxygen atoms in total. The van der Waals surface area contributed by atoms with Crippen LogP contribution in [0.2, 0.25) is 0 Å². The van der Waals surface area contributed by atoms with Crippen LogP contribution in [0.3, 0.4) is 0 Å². The zero-order valence-corrected chi connectivity index (χ0v) is 9.84. The van der Waals surface area contributed by atoms with Gasteiger partial charge in [0, 0.05) is 18.9 Å². The molecule has 0 fully saturated rings. The van der Waals surface area contributed by atoms with Crippen molar-refractivity contribution in [3.8, 4) is 0 Å². The predicted molar refractivity (Wildman–Crippen MR) is 62.2 cm³/mol. The van der Waals surface area contributed by atoms with Crippen molar-refractivity contribution in [2.75, 3.05) is 5.73 Å². The highest BCUT2D eigenvalue weighted by atomic mass is 79.9. The fraction of sp³-hybridized carbons (Fsp3) is 0.300. The van der Waals surface area contributed by atoms with Gasteiger partial charge in [-0.1, -0.05) is 11.6 Å². The number of allylic oxidation sites excluding steroid dienone is 2. The first-order valence-electron chi connectivity index (χ1n) is 4.29. The van der Waals surface area contributed by atoms with E-state index in [-0.39, 0.29) is 11.1 Å². The van der Waals surface area contributed by atoms with E-state index in [9.17, 15) is 4.79 Å². The zero-order chi connectivity index (χ0) is 10.7. The Kier molecular flexibility index (Phi) is 3.52. The predicted octanol–water partition coefficient (Wildman–Crippen LogP) is 2.16. The second-order valence-corrected chi connectivity index (χ2v) is 4.22. The highest BCUT2D eigenvalue weighted by molar-refractivity contribution is 9.10. The maximum Gasteiger partial charge on any atom is 0.218 e. The summed E-state index contributed by atoms with van der Waals surface area (Å²) in [4.78, 5) is 11.3. The molecule has 0 atom stereocenters. The van der Waals surface area contributed by atoms with E-state index in [2.05, 4.69) is 22.0 Å². The summed E-state index contributed by atoms with van der Waals surface area (Å²) in [5.41, 5.74) is 6.89. The Morgan fingerprint density at radius 1 is 1.57 bits per heavy atom. The van der Waals surface area contributed by atoms with E-state index < -0.39 is 0 Å². The smallest absolute Gasteiger partial charge is 0.218 e. The molecule has 0 radical (unpaired) electrons. The molecule has 1 aromatic heterocycles. The summed E-state index contributed by atoms with van der Waals surface area (Å²) < 4.78 is 2.37. The van der Waals surface area contributed by atoms with Crippen molar-refractivity contribution in [3.63, 3.8) is 0 Å². The molecule has 0 aliphatic heterocycles. The van der Waals surface area contributed by atoms with Gasteiger partial charge >= 0.3 is 0 Å². The topological polar surface area (TPSA) is 48.0 Å². The highest BCUT2D eigenvalue weighted by Crippen LogP contribution is 2.06. The van der Waals surface area contributed by atoms with E-state index in [1.807, 2.05) is 18.4 Å². The Balaban J connectivity index is 3.02. The molecular formula is C10H13BrN2O. The number of aromatic nitrogens is 1. The van der Waals surface area contributed by atoms with Crippen LogP contribution in [0, 0.1) is 0 Å². The van der Waals surface area contributed by atoms with Crippen LogP contribution >= 0.6 is 15.9 Å². The lowest BCUT2D eigenvalue weighted by atomic mass is 10.3. The van der Waals surface area contributed by atoms with Crippen molar-refractivity contribution in [1.82, 2.24) is 4.57 Å². The Morgan fingerprint density at radius 3 is 2.71 bits per heavy atom. The van der Waals surface area contributed by atoms with Gasteiger partial charge < -0.3 is 10.3 Å². The fourth-order valence-electron chi connectivity index (χ4n) is 1.01. The first-order chi connectivity index (χ1) is 6.50. The fourth-order valence-corrected chi connectivity index (χ4v) is 1.50. The highest BCUT2D eigenvalue weighted by Gasteiger charge is 2.00. The monoisotopic (exact) mass is 256 g/mol. The second-order valence-electron chi connectivity index (χ2n) is 3.37. The van der Waals surface area contributed by atoms with E-state index in [4.69, 9.17) is 5.73 Å². The van der Waals surface area contributed by atoms with Gasteiger partial charge in [-0.25, -0.2) is 0 Å². The number of hydrogen-bond acceptors (Lipinski definition) is 2. The minimum absolute atomic E-state index is 0.154. The maximum absolute atomic E-state index is 11.3. The Labute approximate surface area is 91.4 Å². The SMILES string of the molecule is CC(C)=CCn1cc(N)c(=O)c(Br)c1. The van der Waals surface area contributed by atoms with Gasteiger partial charge in [0.05, 0.1) is 10.2 Å². The Bertz CT molecular complexity index is 390. The molecule has 0 aromatic carbocycles. The van der Waals surface area contributed by atoms with E-state index in [0.717, 1.165) is 6.54 Å². The van der Waals surface area contributed by atoms with Crippen LogP contribution in [-0.4, -0.2) is 4.57 Å². The van der Waals surface area contributed by atoms with Crippen molar-refractivity contribution in [3.05, 3.63) is 38.7 Å². The summed E-state index contributed by atoms with van der Waals surface area (Å²) in [6.45, 7) is 4.78. The lowest BCUT2D eigenvalue weighted by Gasteiger charge is -2.05. The quantitative estimate of drug-likeness (QED) is 0.825. The van der Waals surface area contributed by atoms with E-state index in [0.29, 0.717) is 4.47 Å². The average Bonchev–Trinajstić information content (AvgIpc) is 2.10. The zero-order valence-electron chi connectivity index (χ0n) is 8.25. The third-order valence-corrected chi connectivity index (χ3v) is 2.34. The van der Waals surface area contributed by atoms with Crippen LogP contribution in [0.1, 0.15) is 13.8 Å². The number of rotatable bonds is 2. The van der Waals surface area contributed by atoms with Gasteiger partial charge in [0.1, 0.15) is 0 Å². The molecule has 4 heteroatoms. The Morgan fingerprint density at radius 2 is 2.21 bits per heavy atom. The molecule has 14 heavy (non-hydrogen) atoms. The van der Waals surface area contributed by atoms with Crippen LogP contribution in [0.25, 0.3) is 0 Å². The largest absolute Gasteiger partial charge is 0.394 e. The molecule has 0 amide bonds. The number of halogens is 1. The van der Waals surface area contributed by atoms with Crippen molar-refractivity contribution in [2.24, 2.45) is 0 Å². The molecule has 0 saturated carbocycles. The molecule has 0 aliphatic carbocycles. The molecule has 2 N–H and O–H groups in total. The summed E-state index contributed by atoms with van der Waals surface area (Å²) in [6, 6.07) is 0. The lowest BCUT2D eigenvalue weighted by Crippen LogP contribution is -2.12. The molecule has 1 rings (SSSR count). The number of pyridine rings is 1. The van der Waals surface area contributed by atoms with E-state index >= 15 is 0 Å². The van der Waals surface area contributed by atoms with Crippen LogP contribution in [0.15, 0.2) is 33.3 Å². The number of anilines is 1. The Hall–Kier alpha value is -1.03. The minimum Gasteiger partial charge on any atom is -0.394 e. The van der Waals surface area contributed by atoms with Gasteiger partial charge in [0.2, 0.25) is 5.43 Å². The maximum atomic E-state index is 11.3. The summed E-state index contributed by atoms with van der Waals surface area (Å²) in [6.07, 6.45) is 5.45. The van der Waals surface area contributed by atoms with Crippen molar-refractivity contribution >= 4 is 21.6 Å². The van der Waals surface area contributed by atoms with Crippen molar-refractivity contribution < 1.29 is 0 Å². The summed E-state index contributed by atoms with van der Waals surface area (Å²) in [7, 11) is 0. The van der Waals surface area contributed by atoms with Crippen molar-refractivity contribution in [2.45, 2.75) is 20.4 Å². The van der Waals surface area contributed by atoms with Gasteiger partial charge in [-0.05, 0) is 29.8 Å². The van der Waals surface area contributed by atoms with Crippen LogP contribution < -0.4 is 11.2 Å². The van der Waals surface area contributed by atoms with Gasteiger partial charge in [-0.15, -0.1) is 0 Å².